The van der Waals surface area contributed by atoms with Crippen LogP contribution in [0, 0.1) is 5.92 Å². The van der Waals surface area contributed by atoms with Crippen molar-refractivity contribution in [1.82, 2.24) is 9.97 Å². The molecule has 0 aromatic carbocycles. The summed E-state index contributed by atoms with van der Waals surface area (Å²) >= 11 is 5.18. The molecule has 0 spiro atoms. The zero-order valence-corrected chi connectivity index (χ0v) is 13.5. The van der Waals surface area contributed by atoms with Gasteiger partial charge in [0.2, 0.25) is 5.95 Å². The van der Waals surface area contributed by atoms with Crippen LogP contribution in [-0.2, 0) is 0 Å². The summed E-state index contributed by atoms with van der Waals surface area (Å²) < 4.78 is 1.12. The van der Waals surface area contributed by atoms with Crippen molar-refractivity contribution in [3.8, 4) is 10.6 Å². The molecule has 1 atom stereocenters. The van der Waals surface area contributed by atoms with Crippen LogP contribution in [0.5, 0.6) is 0 Å². The van der Waals surface area contributed by atoms with Crippen LogP contribution in [0.25, 0.3) is 10.6 Å². The van der Waals surface area contributed by atoms with Crippen molar-refractivity contribution >= 4 is 33.2 Å². The topological polar surface area (TPSA) is 55.0 Å². The molecule has 1 aliphatic rings. The fraction of sp³-hybridized carbons (Fsp3) is 0.429. The van der Waals surface area contributed by atoms with Gasteiger partial charge in [-0.1, -0.05) is 0 Å². The van der Waals surface area contributed by atoms with Gasteiger partial charge in [0.15, 0.2) is 0 Å². The van der Waals surface area contributed by atoms with E-state index in [2.05, 4.69) is 31.9 Å². The average molecular weight is 353 g/mol. The van der Waals surface area contributed by atoms with Gasteiger partial charge in [-0.15, -0.1) is 11.3 Å². The van der Waals surface area contributed by atoms with Crippen LogP contribution in [0.4, 0.5) is 5.95 Å². The molecule has 0 saturated carbocycles. The number of aromatic nitrogens is 2. The molecule has 0 radical (unpaired) electrons. The van der Waals surface area contributed by atoms with Gasteiger partial charge in [0.25, 0.3) is 0 Å². The second-order valence-electron chi connectivity index (χ2n) is 5.04. The Morgan fingerprint density at radius 2 is 2.30 bits per heavy atom. The number of hydrogen-bond acceptors (Lipinski definition) is 5. The summed E-state index contributed by atoms with van der Waals surface area (Å²) in [6, 6.07) is 6.10. The van der Waals surface area contributed by atoms with Gasteiger partial charge in [-0.3, -0.25) is 0 Å². The first kappa shape index (κ1) is 14.0. The van der Waals surface area contributed by atoms with Crippen molar-refractivity contribution in [3.63, 3.8) is 0 Å². The predicted octanol–water partition coefficient (Wildman–Crippen LogP) is 3.14. The largest absolute Gasteiger partial charge is 0.340 e. The first-order chi connectivity index (χ1) is 9.76. The molecule has 20 heavy (non-hydrogen) atoms. The molecule has 2 N–H and O–H groups in total. The van der Waals surface area contributed by atoms with E-state index in [0.29, 0.717) is 5.92 Å². The smallest absolute Gasteiger partial charge is 0.225 e. The lowest BCUT2D eigenvalue weighted by Gasteiger charge is -2.32. The number of rotatable bonds is 3. The van der Waals surface area contributed by atoms with E-state index in [1.165, 1.54) is 12.8 Å². The van der Waals surface area contributed by atoms with Gasteiger partial charge in [0, 0.05) is 19.3 Å². The molecule has 6 heteroatoms. The molecular formula is C14H17BrN4S. The zero-order valence-electron chi connectivity index (χ0n) is 11.1. The maximum absolute atomic E-state index is 5.80. The van der Waals surface area contributed by atoms with E-state index in [1.54, 1.807) is 11.3 Å². The molecule has 0 bridgehead atoms. The Morgan fingerprint density at radius 1 is 1.40 bits per heavy atom. The molecule has 1 aliphatic heterocycles. The molecule has 1 unspecified atom stereocenters. The van der Waals surface area contributed by atoms with Crippen molar-refractivity contribution in [2.45, 2.75) is 12.8 Å². The monoisotopic (exact) mass is 352 g/mol. The van der Waals surface area contributed by atoms with Crippen molar-refractivity contribution in [2.75, 3.05) is 24.5 Å². The summed E-state index contributed by atoms with van der Waals surface area (Å²) in [6.45, 7) is 2.73. The fourth-order valence-corrected chi connectivity index (χ4v) is 3.88. The van der Waals surface area contributed by atoms with E-state index in [-0.39, 0.29) is 0 Å². The van der Waals surface area contributed by atoms with Gasteiger partial charge in [-0.05, 0) is 59.4 Å². The summed E-state index contributed by atoms with van der Waals surface area (Å²) in [6.07, 6.45) is 4.22. The van der Waals surface area contributed by atoms with Crippen LogP contribution in [-0.4, -0.2) is 29.6 Å². The lowest BCUT2D eigenvalue weighted by molar-refractivity contribution is 0.419. The standard InChI is InChI=1S/C14H17BrN4S/c15-13-4-3-12(20-13)11-5-6-17-14(18-11)19-7-1-2-10(8-16)9-19/h3-6,10H,1-2,7-9,16H2. The molecule has 0 amide bonds. The Bertz CT molecular complexity index is 586. The van der Waals surface area contributed by atoms with Crippen LogP contribution >= 0.6 is 27.3 Å². The number of nitrogens with zero attached hydrogens (tertiary/aromatic N) is 3. The number of halogens is 1. The normalized spacial score (nSPS) is 19.3. The Balaban J connectivity index is 1.84. The Morgan fingerprint density at radius 3 is 3.05 bits per heavy atom. The number of thiophene rings is 1. The van der Waals surface area contributed by atoms with Crippen molar-refractivity contribution in [2.24, 2.45) is 11.7 Å². The van der Waals surface area contributed by atoms with E-state index in [1.807, 2.05) is 18.3 Å². The Labute approximate surface area is 131 Å². The second-order valence-corrected chi connectivity index (χ2v) is 7.50. The minimum absolute atomic E-state index is 0.562. The third-order valence-electron chi connectivity index (χ3n) is 3.60. The minimum atomic E-state index is 0.562. The van der Waals surface area contributed by atoms with Crippen LogP contribution in [0.15, 0.2) is 28.2 Å². The molecule has 4 nitrogen and oxygen atoms in total. The quantitative estimate of drug-likeness (QED) is 0.921. The van der Waals surface area contributed by atoms with Crippen LogP contribution in [0.1, 0.15) is 12.8 Å². The third kappa shape index (κ3) is 3.02. The van der Waals surface area contributed by atoms with Gasteiger partial charge >= 0.3 is 0 Å². The van der Waals surface area contributed by atoms with Crippen molar-refractivity contribution < 1.29 is 0 Å². The fourth-order valence-electron chi connectivity index (χ4n) is 2.53. The summed E-state index contributed by atoms with van der Waals surface area (Å²) in [4.78, 5) is 12.6. The van der Waals surface area contributed by atoms with Crippen LogP contribution < -0.4 is 10.6 Å². The molecule has 1 fully saturated rings. The second kappa shape index (κ2) is 6.20. The summed E-state index contributed by atoms with van der Waals surface area (Å²) in [5, 5.41) is 0. The Hall–Kier alpha value is -0.980. The minimum Gasteiger partial charge on any atom is -0.340 e. The predicted molar refractivity (Wildman–Crippen MR) is 87.0 cm³/mol. The molecule has 1 saturated heterocycles. The Kier molecular flexibility index (Phi) is 4.33. The number of hydrogen-bond donors (Lipinski definition) is 1. The van der Waals surface area contributed by atoms with E-state index < -0.39 is 0 Å². The molecule has 3 heterocycles. The molecule has 0 aliphatic carbocycles. The first-order valence-electron chi connectivity index (χ1n) is 6.80. The van der Waals surface area contributed by atoms with Gasteiger partial charge in [0.1, 0.15) is 0 Å². The lowest BCUT2D eigenvalue weighted by Crippen LogP contribution is -2.39. The zero-order chi connectivity index (χ0) is 13.9. The van der Waals surface area contributed by atoms with Gasteiger partial charge in [-0.2, -0.15) is 0 Å². The van der Waals surface area contributed by atoms with E-state index in [9.17, 15) is 0 Å². The molecule has 2 aromatic rings. The van der Waals surface area contributed by atoms with Crippen LogP contribution in [0.3, 0.4) is 0 Å². The maximum atomic E-state index is 5.80. The SMILES string of the molecule is NCC1CCCN(c2nccc(-c3ccc(Br)s3)n2)C1. The highest BCUT2D eigenvalue weighted by Crippen LogP contribution is 2.31. The van der Waals surface area contributed by atoms with Crippen LogP contribution in [0.2, 0.25) is 0 Å². The van der Waals surface area contributed by atoms with E-state index in [4.69, 9.17) is 10.7 Å². The summed E-state index contributed by atoms with van der Waals surface area (Å²) in [5.41, 5.74) is 6.78. The van der Waals surface area contributed by atoms with Gasteiger partial charge in [0.05, 0.1) is 14.4 Å². The summed E-state index contributed by atoms with van der Waals surface area (Å²) in [5.74, 6) is 1.39. The lowest BCUT2D eigenvalue weighted by atomic mass is 9.99. The number of nitrogens with two attached hydrogens (primary N) is 1. The van der Waals surface area contributed by atoms with E-state index >= 15 is 0 Å². The highest BCUT2D eigenvalue weighted by Gasteiger charge is 2.21. The summed E-state index contributed by atoms with van der Waals surface area (Å²) in [7, 11) is 0. The molecular weight excluding hydrogens is 336 g/mol. The molecule has 2 aromatic heterocycles. The van der Waals surface area contributed by atoms with Crippen molar-refractivity contribution in [3.05, 3.63) is 28.2 Å². The highest BCUT2D eigenvalue weighted by atomic mass is 79.9. The average Bonchev–Trinajstić information content (AvgIpc) is 2.94. The highest BCUT2D eigenvalue weighted by molar-refractivity contribution is 9.11. The maximum Gasteiger partial charge on any atom is 0.225 e. The molecule has 106 valence electrons. The third-order valence-corrected chi connectivity index (χ3v) is 5.25. The first-order valence-corrected chi connectivity index (χ1v) is 8.41. The van der Waals surface area contributed by atoms with Gasteiger partial charge in [-0.25, -0.2) is 9.97 Å². The number of piperidine rings is 1. The van der Waals surface area contributed by atoms with E-state index in [0.717, 1.165) is 39.9 Å². The number of anilines is 1. The molecule has 3 rings (SSSR count). The van der Waals surface area contributed by atoms with Crippen molar-refractivity contribution in [1.29, 1.82) is 0 Å². The van der Waals surface area contributed by atoms with Gasteiger partial charge < -0.3 is 10.6 Å².